The van der Waals surface area contributed by atoms with Gasteiger partial charge in [-0.05, 0) is 0 Å². The van der Waals surface area contributed by atoms with Gasteiger partial charge in [-0.25, -0.2) is 0 Å². The first-order valence-corrected chi connectivity index (χ1v) is 9.71. The SMILES string of the molecule is CCCCC(CCC)C(CCCC)(CCCC)[O][Sn]. The molecule has 0 aliphatic heterocycles. The van der Waals surface area contributed by atoms with Gasteiger partial charge in [0.05, 0.1) is 0 Å². The molecule has 0 aliphatic carbocycles. The van der Waals surface area contributed by atoms with Gasteiger partial charge >= 0.3 is 136 Å². The molecule has 0 fully saturated rings. The molecule has 2 heteroatoms. The molecule has 1 nitrogen and oxygen atoms in total. The van der Waals surface area contributed by atoms with Crippen LogP contribution in [-0.4, -0.2) is 28.5 Å². The van der Waals surface area contributed by atoms with Crippen LogP contribution in [0.3, 0.4) is 0 Å². The molecule has 0 rings (SSSR count). The molecule has 1 unspecified atom stereocenters. The van der Waals surface area contributed by atoms with E-state index in [1.54, 1.807) is 0 Å². The van der Waals surface area contributed by atoms with Gasteiger partial charge in [0.15, 0.2) is 0 Å². The molecule has 19 heavy (non-hydrogen) atoms. The fourth-order valence-corrected chi connectivity index (χ4v) is 4.20. The van der Waals surface area contributed by atoms with Crippen molar-refractivity contribution in [3.05, 3.63) is 0 Å². The Hall–Kier alpha value is 0.759. The summed E-state index contributed by atoms with van der Waals surface area (Å²) in [6.07, 6.45) is 14.5. The van der Waals surface area contributed by atoms with Crippen LogP contribution in [0.5, 0.6) is 0 Å². The van der Waals surface area contributed by atoms with Crippen molar-refractivity contribution >= 4 is 22.9 Å². The summed E-state index contributed by atoms with van der Waals surface area (Å²) in [6, 6.07) is 0. The summed E-state index contributed by atoms with van der Waals surface area (Å²) >= 11 is 1.27. The standard InChI is InChI=1S/C17H35O.Sn/c1-5-9-13-16(12-8-4)17(18,14-10-6-2)15-11-7-3;/h16H,5-15H2,1-4H3;/q-1;+1. The van der Waals surface area contributed by atoms with Crippen LogP contribution in [0.15, 0.2) is 0 Å². The van der Waals surface area contributed by atoms with Gasteiger partial charge in [-0.2, -0.15) is 0 Å². The maximum atomic E-state index is 6.24. The molecular formula is C17H35OSn. The first-order valence-electron chi connectivity index (χ1n) is 8.55. The van der Waals surface area contributed by atoms with Crippen LogP contribution < -0.4 is 0 Å². The van der Waals surface area contributed by atoms with Crippen LogP contribution in [0.25, 0.3) is 0 Å². The van der Waals surface area contributed by atoms with Crippen molar-refractivity contribution in [2.24, 2.45) is 5.92 Å². The molecule has 0 N–H and O–H groups in total. The number of hydrogen-bond acceptors (Lipinski definition) is 1. The van der Waals surface area contributed by atoms with E-state index in [-0.39, 0.29) is 5.60 Å². The Morgan fingerprint density at radius 1 is 0.789 bits per heavy atom. The third kappa shape index (κ3) is 7.36. The molecule has 1 atom stereocenters. The predicted octanol–water partition coefficient (Wildman–Crippen LogP) is 5.81. The second-order valence-corrected chi connectivity index (χ2v) is 6.58. The van der Waals surface area contributed by atoms with Crippen molar-refractivity contribution in [1.29, 1.82) is 0 Å². The Morgan fingerprint density at radius 3 is 1.68 bits per heavy atom. The zero-order valence-corrected chi connectivity index (χ0v) is 16.6. The van der Waals surface area contributed by atoms with E-state index < -0.39 is 0 Å². The fraction of sp³-hybridized carbons (Fsp3) is 1.00. The van der Waals surface area contributed by atoms with E-state index in [2.05, 4.69) is 27.7 Å². The average Bonchev–Trinajstić information content (AvgIpc) is 2.44. The number of unbranched alkanes of at least 4 members (excludes halogenated alkanes) is 3. The maximum absolute atomic E-state index is 6.24. The Morgan fingerprint density at radius 2 is 1.32 bits per heavy atom. The van der Waals surface area contributed by atoms with Gasteiger partial charge in [-0.15, -0.1) is 0 Å². The summed E-state index contributed by atoms with van der Waals surface area (Å²) in [6.45, 7) is 9.23. The second-order valence-electron chi connectivity index (χ2n) is 6.00. The predicted molar refractivity (Wildman–Crippen MR) is 86.5 cm³/mol. The summed E-state index contributed by atoms with van der Waals surface area (Å²) in [5, 5.41) is 0. The summed E-state index contributed by atoms with van der Waals surface area (Å²) in [5.74, 6) is 0.787. The molecule has 0 heterocycles. The molecule has 0 saturated carbocycles. The molecule has 0 aromatic carbocycles. The summed E-state index contributed by atoms with van der Waals surface area (Å²) in [5.41, 5.74) is 0.204. The minimum absolute atomic E-state index is 0.204. The van der Waals surface area contributed by atoms with Crippen molar-refractivity contribution in [3.63, 3.8) is 0 Å². The van der Waals surface area contributed by atoms with E-state index in [9.17, 15) is 0 Å². The van der Waals surface area contributed by atoms with Crippen LogP contribution in [0.4, 0.5) is 0 Å². The van der Waals surface area contributed by atoms with Crippen LogP contribution >= 0.6 is 0 Å². The van der Waals surface area contributed by atoms with Gasteiger partial charge < -0.3 is 0 Å². The molecular weight excluding hydrogens is 339 g/mol. The minimum atomic E-state index is 0.204. The summed E-state index contributed by atoms with van der Waals surface area (Å²) < 4.78 is 6.24. The van der Waals surface area contributed by atoms with E-state index in [1.165, 1.54) is 93.6 Å². The summed E-state index contributed by atoms with van der Waals surface area (Å²) in [7, 11) is 0. The van der Waals surface area contributed by atoms with Crippen molar-refractivity contribution in [3.8, 4) is 0 Å². The van der Waals surface area contributed by atoms with E-state index >= 15 is 0 Å². The second kappa shape index (κ2) is 12.5. The third-order valence-corrected chi connectivity index (χ3v) is 5.56. The van der Waals surface area contributed by atoms with Gasteiger partial charge in [0.1, 0.15) is 0 Å². The Kier molecular flexibility index (Phi) is 13.0. The van der Waals surface area contributed by atoms with E-state index in [1.807, 2.05) is 0 Å². The molecule has 0 spiro atoms. The van der Waals surface area contributed by atoms with Crippen LogP contribution in [-0.2, 0) is 3.07 Å². The molecule has 0 aromatic heterocycles. The van der Waals surface area contributed by atoms with Crippen LogP contribution in [0.2, 0.25) is 0 Å². The molecule has 113 valence electrons. The average molecular weight is 374 g/mol. The Labute approximate surface area is 135 Å². The van der Waals surface area contributed by atoms with Crippen molar-refractivity contribution in [2.75, 3.05) is 0 Å². The topological polar surface area (TPSA) is 9.23 Å². The van der Waals surface area contributed by atoms with Crippen molar-refractivity contribution in [2.45, 2.75) is 104 Å². The number of rotatable bonds is 13. The fourth-order valence-electron chi connectivity index (χ4n) is 3.14. The van der Waals surface area contributed by atoms with Crippen molar-refractivity contribution < 1.29 is 3.07 Å². The quantitative estimate of drug-likeness (QED) is 0.370. The van der Waals surface area contributed by atoms with Gasteiger partial charge in [0.25, 0.3) is 0 Å². The monoisotopic (exact) mass is 375 g/mol. The van der Waals surface area contributed by atoms with Gasteiger partial charge in [-0.1, -0.05) is 0 Å². The van der Waals surface area contributed by atoms with Gasteiger partial charge in [-0.3, -0.25) is 0 Å². The van der Waals surface area contributed by atoms with Crippen LogP contribution in [0.1, 0.15) is 98.3 Å². The molecule has 0 aromatic rings. The zero-order chi connectivity index (χ0) is 14.6. The zero-order valence-electron chi connectivity index (χ0n) is 13.8. The summed E-state index contributed by atoms with van der Waals surface area (Å²) in [4.78, 5) is 0. The normalized spacial score (nSPS) is 13.7. The van der Waals surface area contributed by atoms with E-state index in [0.717, 1.165) is 5.92 Å². The molecule has 3 radical (unpaired) electrons. The molecule has 0 aliphatic rings. The first kappa shape index (κ1) is 19.8. The Balaban J connectivity index is 4.84. The van der Waals surface area contributed by atoms with Gasteiger partial charge in [0.2, 0.25) is 0 Å². The first-order chi connectivity index (χ1) is 9.20. The Bertz CT molecular complexity index is 186. The molecule has 0 bridgehead atoms. The molecule has 0 saturated heterocycles. The van der Waals surface area contributed by atoms with E-state index in [4.69, 9.17) is 3.07 Å². The van der Waals surface area contributed by atoms with Crippen molar-refractivity contribution in [1.82, 2.24) is 0 Å². The van der Waals surface area contributed by atoms with E-state index in [0.29, 0.717) is 0 Å². The number of hydrogen-bond donors (Lipinski definition) is 0. The van der Waals surface area contributed by atoms with Gasteiger partial charge in [0, 0.05) is 0 Å². The third-order valence-electron chi connectivity index (χ3n) is 4.40. The van der Waals surface area contributed by atoms with Crippen LogP contribution in [0, 0.1) is 5.92 Å². The molecule has 0 amide bonds.